The Morgan fingerprint density at radius 1 is 1.19 bits per heavy atom. The largest absolute Gasteiger partial charge is 0.349 e. The van der Waals surface area contributed by atoms with Gasteiger partial charge in [0.2, 0.25) is 0 Å². The third-order valence-corrected chi connectivity index (χ3v) is 7.42. The second-order valence-corrected chi connectivity index (χ2v) is 9.10. The summed E-state index contributed by atoms with van der Waals surface area (Å²) in [6, 6.07) is 14.2. The number of hydrogen-bond acceptors (Lipinski definition) is 3. The van der Waals surface area contributed by atoms with Crippen molar-refractivity contribution in [3.05, 3.63) is 53.4 Å². The molecular formula is C23H24N2OS. The molecule has 0 spiro atoms. The number of benzene rings is 1. The van der Waals surface area contributed by atoms with Crippen LogP contribution in [-0.4, -0.2) is 16.9 Å². The summed E-state index contributed by atoms with van der Waals surface area (Å²) in [5.74, 6) is 2.37. The van der Waals surface area contributed by atoms with Crippen molar-refractivity contribution in [3.8, 4) is 10.6 Å². The van der Waals surface area contributed by atoms with E-state index in [0.717, 1.165) is 38.9 Å². The first-order valence-corrected chi connectivity index (χ1v) is 10.8. The molecular weight excluding hydrogens is 352 g/mol. The number of pyridine rings is 1. The summed E-state index contributed by atoms with van der Waals surface area (Å²) in [4.78, 5) is 19.1. The molecule has 138 valence electrons. The lowest BCUT2D eigenvalue weighted by Crippen LogP contribution is -2.40. The normalized spacial score (nSPS) is 25.0. The van der Waals surface area contributed by atoms with Crippen LogP contribution >= 0.6 is 11.3 Å². The number of carbonyl (C=O) groups excluding carboxylic acids is 1. The van der Waals surface area contributed by atoms with Crippen LogP contribution < -0.4 is 5.32 Å². The highest BCUT2D eigenvalue weighted by atomic mass is 32.1. The lowest BCUT2D eigenvalue weighted by Gasteiger charge is -2.28. The van der Waals surface area contributed by atoms with Crippen LogP contribution in [0.15, 0.2) is 47.8 Å². The van der Waals surface area contributed by atoms with E-state index in [1.54, 1.807) is 11.3 Å². The summed E-state index contributed by atoms with van der Waals surface area (Å²) in [7, 11) is 0. The van der Waals surface area contributed by atoms with Gasteiger partial charge >= 0.3 is 0 Å². The molecule has 2 heterocycles. The molecule has 2 saturated carbocycles. The average molecular weight is 377 g/mol. The monoisotopic (exact) mass is 376 g/mol. The first kappa shape index (κ1) is 16.9. The zero-order valence-electron chi connectivity index (χ0n) is 15.5. The molecule has 0 radical (unpaired) electrons. The Hall–Kier alpha value is -2.20. The highest BCUT2D eigenvalue weighted by Gasteiger charge is 2.42. The third-order valence-electron chi connectivity index (χ3n) is 6.53. The van der Waals surface area contributed by atoms with Crippen LogP contribution in [-0.2, 0) is 0 Å². The maximum absolute atomic E-state index is 13.2. The Labute approximate surface area is 163 Å². The molecule has 2 fully saturated rings. The standard InChI is InChI=1S/C23H24N2OS/c1-14(18-12-15-8-9-16(18)11-15)24-23(26)19-13-21(22-7-4-10-27-22)25-20-6-3-2-5-17(19)20/h2-7,10,13-16,18H,8-9,11-12H2,1H3,(H,24,26)/t14-,15-,16-,18+/m1/s1. The molecule has 27 heavy (non-hydrogen) atoms. The molecule has 2 aliphatic carbocycles. The van der Waals surface area contributed by atoms with Gasteiger partial charge in [0.1, 0.15) is 0 Å². The minimum atomic E-state index is 0.0293. The molecule has 4 atom stereocenters. The lowest BCUT2D eigenvalue weighted by molar-refractivity contribution is 0.0917. The number of thiophene rings is 1. The number of para-hydroxylation sites is 1. The number of rotatable bonds is 4. The molecule has 1 N–H and O–H groups in total. The van der Waals surface area contributed by atoms with Gasteiger partial charge in [-0.15, -0.1) is 11.3 Å². The maximum atomic E-state index is 13.2. The van der Waals surface area contributed by atoms with E-state index in [4.69, 9.17) is 4.98 Å². The van der Waals surface area contributed by atoms with Gasteiger partial charge in [-0.3, -0.25) is 4.79 Å². The molecule has 2 bridgehead atoms. The zero-order valence-corrected chi connectivity index (χ0v) is 16.3. The van der Waals surface area contributed by atoms with Crippen molar-refractivity contribution in [3.63, 3.8) is 0 Å². The smallest absolute Gasteiger partial charge is 0.252 e. The fourth-order valence-electron chi connectivity index (χ4n) is 5.21. The van der Waals surface area contributed by atoms with E-state index in [2.05, 4.69) is 18.3 Å². The maximum Gasteiger partial charge on any atom is 0.252 e. The molecule has 3 nitrogen and oxygen atoms in total. The number of nitrogens with zero attached hydrogens (tertiary/aromatic N) is 1. The molecule has 0 aliphatic heterocycles. The summed E-state index contributed by atoms with van der Waals surface area (Å²) in [6.07, 6.45) is 5.38. The van der Waals surface area contributed by atoms with Crippen LogP contribution in [0.5, 0.6) is 0 Å². The third kappa shape index (κ3) is 3.06. The second kappa shape index (κ2) is 6.75. The Bertz CT molecular complexity index is 981. The molecule has 4 heteroatoms. The van der Waals surface area contributed by atoms with E-state index < -0.39 is 0 Å². The van der Waals surface area contributed by atoms with Crippen molar-refractivity contribution in [2.24, 2.45) is 17.8 Å². The summed E-state index contributed by atoms with van der Waals surface area (Å²) in [5, 5.41) is 6.30. The van der Waals surface area contributed by atoms with Crippen molar-refractivity contribution in [1.29, 1.82) is 0 Å². The Morgan fingerprint density at radius 3 is 2.81 bits per heavy atom. The Morgan fingerprint density at radius 2 is 2.07 bits per heavy atom. The van der Waals surface area contributed by atoms with E-state index in [9.17, 15) is 4.79 Å². The number of fused-ring (bicyclic) bond motifs is 3. The molecule has 2 aromatic heterocycles. The van der Waals surface area contributed by atoms with Gasteiger partial charge in [0.05, 0.1) is 21.7 Å². The fraction of sp³-hybridized carbons (Fsp3) is 0.391. The van der Waals surface area contributed by atoms with E-state index in [1.807, 2.05) is 41.8 Å². The number of aromatic nitrogens is 1. The van der Waals surface area contributed by atoms with Gasteiger partial charge in [-0.05, 0) is 67.5 Å². The minimum absolute atomic E-state index is 0.0293. The average Bonchev–Trinajstić information content (AvgIpc) is 3.44. The van der Waals surface area contributed by atoms with Gasteiger partial charge in [-0.1, -0.05) is 30.7 Å². The number of amides is 1. The summed E-state index contributed by atoms with van der Waals surface area (Å²) < 4.78 is 0. The predicted molar refractivity (Wildman–Crippen MR) is 111 cm³/mol. The number of hydrogen-bond donors (Lipinski definition) is 1. The van der Waals surface area contributed by atoms with Gasteiger partial charge in [0, 0.05) is 11.4 Å². The van der Waals surface area contributed by atoms with Crippen LogP contribution in [0.4, 0.5) is 0 Å². The lowest BCUT2D eigenvalue weighted by atomic mass is 9.84. The van der Waals surface area contributed by atoms with Gasteiger partial charge in [0.15, 0.2) is 0 Å². The van der Waals surface area contributed by atoms with Crippen molar-refractivity contribution < 1.29 is 4.79 Å². The van der Waals surface area contributed by atoms with E-state index >= 15 is 0 Å². The van der Waals surface area contributed by atoms with Gasteiger partial charge in [-0.25, -0.2) is 4.98 Å². The second-order valence-electron chi connectivity index (χ2n) is 8.15. The summed E-state index contributed by atoms with van der Waals surface area (Å²) >= 11 is 1.65. The van der Waals surface area contributed by atoms with Gasteiger partial charge in [-0.2, -0.15) is 0 Å². The van der Waals surface area contributed by atoms with Crippen molar-refractivity contribution in [1.82, 2.24) is 10.3 Å². The summed E-state index contributed by atoms with van der Waals surface area (Å²) in [6.45, 7) is 2.19. The highest BCUT2D eigenvalue weighted by molar-refractivity contribution is 7.13. The van der Waals surface area contributed by atoms with Crippen molar-refractivity contribution in [2.45, 2.75) is 38.6 Å². The van der Waals surface area contributed by atoms with Crippen molar-refractivity contribution in [2.75, 3.05) is 0 Å². The van der Waals surface area contributed by atoms with Crippen LogP contribution in [0.1, 0.15) is 43.0 Å². The SMILES string of the molecule is C[C@@H](NC(=O)c1cc(-c2cccs2)nc2ccccc12)[C@@H]1C[C@@H]2CC[C@@H]1C2. The molecule has 5 rings (SSSR count). The van der Waals surface area contributed by atoms with Crippen molar-refractivity contribution >= 4 is 28.1 Å². The number of nitrogens with one attached hydrogen (secondary N) is 1. The van der Waals surface area contributed by atoms with E-state index in [0.29, 0.717) is 5.92 Å². The van der Waals surface area contributed by atoms with E-state index in [-0.39, 0.29) is 11.9 Å². The topological polar surface area (TPSA) is 42.0 Å². The summed E-state index contributed by atoms with van der Waals surface area (Å²) in [5.41, 5.74) is 2.49. The van der Waals surface area contributed by atoms with Crippen LogP contribution in [0.25, 0.3) is 21.5 Å². The first-order valence-electron chi connectivity index (χ1n) is 9.93. The fourth-order valence-corrected chi connectivity index (χ4v) is 5.90. The number of carbonyl (C=O) groups is 1. The molecule has 2 aliphatic rings. The molecule has 1 aromatic carbocycles. The molecule has 1 amide bonds. The zero-order chi connectivity index (χ0) is 18.4. The van der Waals surface area contributed by atoms with E-state index in [1.165, 1.54) is 25.7 Å². The highest BCUT2D eigenvalue weighted by Crippen LogP contribution is 2.49. The van der Waals surface area contributed by atoms with Crippen LogP contribution in [0.3, 0.4) is 0 Å². The first-order chi connectivity index (χ1) is 13.2. The predicted octanol–water partition coefficient (Wildman–Crippen LogP) is 5.52. The Kier molecular flexibility index (Phi) is 4.24. The molecule has 0 saturated heterocycles. The minimum Gasteiger partial charge on any atom is -0.349 e. The molecule has 0 unspecified atom stereocenters. The van der Waals surface area contributed by atoms with Crippen LogP contribution in [0.2, 0.25) is 0 Å². The van der Waals surface area contributed by atoms with Gasteiger partial charge in [0.25, 0.3) is 5.91 Å². The van der Waals surface area contributed by atoms with Gasteiger partial charge < -0.3 is 5.32 Å². The van der Waals surface area contributed by atoms with Crippen LogP contribution in [0, 0.1) is 17.8 Å². The quantitative estimate of drug-likeness (QED) is 0.651. The Balaban J connectivity index is 1.47. The molecule has 3 aromatic rings.